The molecule has 0 aromatic heterocycles. The van der Waals surface area contributed by atoms with Gasteiger partial charge in [-0.25, -0.2) is 8.78 Å². The van der Waals surface area contributed by atoms with Crippen molar-refractivity contribution >= 4 is 29.1 Å². The average molecular weight is 480 g/mol. The van der Waals surface area contributed by atoms with Gasteiger partial charge in [0.1, 0.15) is 18.3 Å². The monoisotopic (exact) mass is 479 g/mol. The van der Waals surface area contributed by atoms with E-state index in [0.29, 0.717) is 45.2 Å². The lowest BCUT2D eigenvalue weighted by Crippen LogP contribution is -2.49. The number of nitrogens with zero attached hydrogens (tertiary/aromatic N) is 3. The highest BCUT2D eigenvalue weighted by Crippen LogP contribution is 2.29. The SMILES string of the molecule is O=C1CCC(Nc2cc(F)c(N3CCN(CC4CCN(C(=O)CO)CC4)CC3)c(F)c2)C(=O)N1. The van der Waals surface area contributed by atoms with Gasteiger partial charge in [-0.3, -0.25) is 24.6 Å². The molecule has 4 rings (SSSR count). The van der Waals surface area contributed by atoms with Crippen LogP contribution in [0.1, 0.15) is 25.7 Å². The first kappa shape index (κ1) is 24.3. The number of hydrogen-bond donors (Lipinski definition) is 3. The molecule has 3 aliphatic heterocycles. The minimum absolute atomic E-state index is 0.0655. The second kappa shape index (κ2) is 10.6. The molecular formula is C23H31F2N5O4. The Morgan fingerprint density at radius 2 is 1.68 bits per heavy atom. The second-order valence-corrected chi connectivity index (χ2v) is 9.21. The molecule has 1 aromatic rings. The van der Waals surface area contributed by atoms with Crippen LogP contribution in [-0.2, 0) is 14.4 Å². The highest BCUT2D eigenvalue weighted by molar-refractivity contribution is 6.01. The topological polar surface area (TPSA) is 105 Å². The summed E-state index contributed by atoms with van der Waals surface area (Å²) in [7, 11) is 0. The third-order valence-electron chi connectivity index (χ3n) is 6.90. The summed E-state index contributed by atoms with van der Waals surface area (Å²) in [6, 6.07) is 1.67. The van der Waals surface area contributed by atoms with Crippen molar-refractivity contribution in [2.45, 2.75) is 31.7 Å². The van der Waals surface area contributed by atoms with Crippen LogP contribution in [0.4, 0.5) is 20.2 Å². The maximum atomic E-state index is 14.9. The Bertz CT molecular complexity index is 907. The van der Waals surface area contributed by atoms with E-state index in [-0.39, 0.29) is 36.0 Å². The van der Waals surface area contributed by atoms with Crippen molar-refractivity contribution in [1.82, 2.24) is 15.1 Å². The average Bonchev–Trinajstić information content (AvgIpc) is 2.81. The van der Waals surface area contributed by atoms with Crippen molar-refractivity contribution in [2.24, 2.45) is 5.92 Å². The molecular weight excluding hydrogens is 448 g/mol. The Morgan fingerprint density at radius 1 is 1.03 bits per heavy atom. The van der Waals surface area contributed by atoms with Gasteiger partial charge in [0.05, 0.1) is 0 Å². The van der Waals surface area contributed by atoms with Crippen molar-refractivity contribution in [2.75, 3.05) is 62.6 Å². The fourth-order valence-corrected chi connectivity index (χ4v) is 4.97. The molecule has 0 bridgehead atoms. The maximum absolute atomic E-state index is 14.9. The van der Waals surface area contributed by atoms with Crippen molar-refractivity contribution in [1.29, 1.82) is 0 Å². The normalized spacial score (nSPS) is 22.6. The van der Waals surface area contributed by atoms with Gasteiger partial charge in [-0.05, 0) is 37.3 Å². The first-order valence-corrected chi connectivity index (χ1v) is 11.8. The zero-order valence-electron chi connectivity index (χ0n) is 19.1. The van der Waals surface area contributed by atoms with Gasteiger partial charge in [0.2, 0.25) is 17.7 Å². The number of amides is 3. The molecule has 1 unspecified atom stereocenters. The van der Waals surface area contributed by atoms with Crippen LogP contribution in [0.2, 0.25) is 0 Å². The quantitative estimate of drug-likeness (QED) is 0.512. The first-order valence-electron chi connectivity index (χ1n) is 11.8. The molecule has 3 fully saturated rings. The van der Waals surface area contributed by atoms with E-state index in [1.165, 1.54) is 12.1 Å². The van der Waals surface area contributed by atoms with Gasteiger partial charge in [0.15, 0.2) is 11.6 Å². The predicted molar refractivity (Wildman–Crippen MR) is 121 cm³/mol. The number of likely N-dealkylation sites (tertiary alicyclic amines) is 1. The predicted octanol–water partition coefficient (Wildman–Crippen LogP) is 0.535. The summed E-state index contributed by atoms with van der Waals surface area (Å²) in [5.74, 6) is -2.00. The first-order chi connectivity index (χ1) is 16.3. The number of aliphatic hydroxyl groups excluding tert-OH is 1. The smallest absolute Gasteiger partial charge is 0.249 e. The van der Waals surface area contributed by atoms with Gasteiger partial charge >= 0.3 is 0 Å². The van der Waals surface area contributed by atoms with Gasteiger partial charge in [-0.15, -0.1) is 0 Å². The molecule has 3 amide bonds. The van der Waals surface area contributed by atoms with E-state index in [9.17, 15) is 23.2 Å². The Labute approximate surface area is 197 Å². The van der Waals surface area contributed by atoms with E-state index >= 15 is 0 Å². The third-order valence-corrected chi connectivity index (χ3v) is 6.90. The minimum atomic E-state index is -0.709. The number of benzene rings is 1. The van der Waals surface area contributed by atoms with E-state index in [2.05, 4.69) is 15.5 Å². The Morgan fingerprint density at radius 3 is 2.26 bits per heavy atom. The highest BCUT2D eigenvalue weighted by atomic mass is 19.1. The van der Waals surface area contributed by atoms with E-state index in [1.807, 2.05) is 0 Å². The van der Waals surface area contributed by atoms with Crippen LogP contribution >= 0.6 is 0 Å². The summed E-state index contributed by atoms with van der Waals surface area (Å²) >= 11 is 0. The van der Waals surface area contributed by atoms with E-state index in [4.69, 9.17) is 5.11 Å². The number of halogens is 2. The molecule has 3 heterocycles. The molecule has 0 spiro atoms. The van der Waals surface area contributed by atoms with Gasteiger partial charge in [-0.2, -0.15) is 0 Å². The molecule has 3 saturated heterocycles. The highest BCUT2D eigenvalue weighted by Gasteiger charge is 2.29. The largest absolute Gasteiger partial charge is 0.387 e. The number of imide groups is 1. The number of rotatable bonds is 6. The number of carbonyl (C=O) groups is 3. The number of carbonyl (C=O) groups excluding carboxylic acids is 3. The molecule has 0 radical (unpaired) electrons. The van der Waals surface area contributed by atoms with Crippen molar-refractivity contribution in [3.8, 4) is 0 Å². The van der Waals surface area contributed by atoms with Crippen LogP contribution in [0.15, 0.2) is 12.1 Å². The lowest BCUT2D eigenvalue weighted by Gasteiger charge is -2.39. The van der Waals surface area contributed by atoms with Crippen LogP contribution in [0, 0.1) is 17.6 Å². The zero-order chi connectivity index (χ0) is 24.2. The van der Waals surface area contributed by atoms with Crippen LogP contribution in [-0.4, -0.2) is 91.1 Å². The summed E-state index contributed by atoms with van der Waals surface area (Å²) in [4.78, 5) is 40.5. The number of nitrogens with one attached hydrogen (secondary N) is 2. The van der Waals surface area contributed by atoms with Gasteiger partial charge in [-0.1, -0.05) is 0 Å². The molecule has 3 aliphatic rings. The van der Waals surface area contributed by atoms with Gasteiger partial charge in [0, 0.05) is 57.9 Å². The standard InChI is InChI=1S/C23H31F2N5O4/c24-17-11-16(26-19-1-2-20(32)27-23(19)34)12-18(25)22(17)30-9-7-28(8-10-30)13-15-3-5-29(6-4-15)21(33)14-31/h11-12,15,19,26,31H,1-10,13-14H2,(H,27,32,34). The lowest BCUT2D eigenvalue weighted by atomic mass is 9.96. The van der Waals surface area contributed by atoms with Crippen molar-refractivity contribution in [3.63, 3.8) is 0 Å². The summed E-state index contributed by atoms with van der Waals surface area (Å²) in [5, 5.41) is 14.0. The Kier molecular flexibility index (Phi) is 7.62. The van der Waals surface area contributed by atoms with Crippen molar-refractivity contribution < 1.29 is 28.3 Å². The molecule has 3 N–H and O–H groups in total. The second-order valence-electron chi connectivity index (χ2n) is 9.21. The number of aliphatic hydroxyl groups is 1. The van der Waals surface area contributed by atoms with Crippen LogP contribution in [0.25, 0.3) is 0 Å². The summed E-state index contributed by atoms with van der Waals surface area (Å²) < 4.78 is 29.7. The minimum Gasteiger partial charge on any atom is -0.387 e. The van der Waals surface area contributed by atoms with E-state index in [1.54, 1.807) is 9.80 Å². The number of hydrogen-bond acceptors (Lipinski definition) is 7. The number of piperazine rings is 1. The molecule has 9 nitrogen and oxygen atoms in total. The third kappa shape index (κ3) is 5.64. The van der Waals surface area contributed by atoms with Crippen LogP contribution < -0.4 is 15.5 Å². The summed E-state index contributed by atoms with van der Waals surface area (Å²) in [5.41, 5.74) is 0.0993. The summed E-state index contributed by atoms with van der Waals surface area (Å²) in [6.45, 7) is 4.10. The molecule has 1 aromatic carbocycles. The molecule has 1 atom stereocenters. The molecule has 0 aliphatic carbocycles. The van der Waals surface area contributed by atoms with Crippen molar-refractivity contribution in [3.05, 3.63) is 23.8 Å². The fraction of sp³-hybridized carbons (Fsp3) is 0.609. The maximum Gasteiger partial charge on any atom is 0.249 e. The number of piperidine rings is 2. The van der Waals surface area contributed by atoms with Gasteiger partial charge in [0.25, 0.3) is 0 Å². The zero-order valence-corrected chi connectivity index (χ0v) is 19.1. The summed E-state index contributed by atoms with van der Waals surface area (Å²) in [6.07, 6.45) is 2.22. The molecule has 11 heteroatoms. The van der Waals surface area contributed by atoms with E-state index < -0.39 is 30.2 Å². The fourth-order valence-electron chi connectivity index (χ4n) is 4.97. The number of anilines is 2. The lowest BCUT2D eigenvalue weighted by molar-refractivity contribution is -0.136. The van der Waals surface area contributed by atoms with Crippen LogP contribution in [0.5, 0.6) is 0 Å². The molecule has 186 valence electrons. The molecule has 34 heavy (non-hydrogen) atoms. The van der Waals surface area contributed by atoms with Crippen LogP contribution in [0.3, 0.4) is 0 Å². The van der Waals surface area contributed by atoms with E-state index in [0.717, 1.165) is 19.4 Å². The Hall–Kier alpha value is -2.79. The van der Waals surface area contributed by atoms with Gasteiger partial charge < -0.3 is 20.2 Å². The molecule has 0 saturated carbocycles. The Balaban J connectivity index is 1.29.